The fourth-order valence-electron chi connectivity index (χ4n) is 1.69. The summed E-state index contributed by atoms with van der Waals surface area (Å²) in [5.41, 5.74) is 2.25. The van der Waals surface area contributed by atoms with E-state index in [1.807, 2.05) is 12.1 Å². The lowest BCUT2D eigenvalue weighted by Gasteiger charge is -2.27. The number of rotatable bonds is 2. The maximum Gasteiger partial charge on any atom is 0.321 e. The Bertz CT molecular complexity index is 350. The average Bonchev–Trinajstić information content (AvgIpc) is 2.30. The quantitative estimate of drug-likeness (QED) is 0.762. The summed E-state index contributed by atoms with van der Waals surface area (Å²) in [4.78, 5) is 13.3. The monoisotopic (exact) mass is 222 g/mol. The van der Waals surface area contributed by atoms with Crippen molar-refractivity contribution in [3.05, 3.63) is 29.8 Å². The van der Waals surface area contributed by atoms with Crippen molar-refractivity contribution in [2.45, 2.75) is 12.6 Å². The van der Waals surface area contributed by atoms with Crippen LogP contribution in [0.25, 0.3) is 0 Å². The van der Waals surface area contributed by atoms with Crippen molar-refractivity contribution in [2.75, 3.05) is 18.0 Å². The highest BCUT2D eigenvalue weighted by Crippen LogP contribution is 2.18. The number of carbonyl (C=O) groups excluding carboxylic acids is 1. The van der Waals surface area contributed by atoms with E-state index in [1.54, 1.807) is 4.90 Å². The number of anilines is 1. The zero-order valence-electron chi connectivity index (χ0n) is 8.57. The third-order valence-corrected chi connectivity index (χ3v) is 3.03. The molecule has 0 spiro atoms. The van der Waals surface area contributed by atoms with Gasteiger partial charge in [0.25, 0.3) is 0 Å². The summed E-state index contributed by atoms with van der Waals surface area (Å²) in [7, 11) is 2.69. The molecule has 1 unspecified atom stereocenters. The van der Waals surface area contributed by atoms with Crippen LogP contribution in [0.15, 0.2) is 24.3 Å². The molecule has 3 nitrogen and oxygen atoms in total. The Morgan fingerprint density at radius 3 is 2.67 bits per heavy atom. The SMILES string of the molecule is O=C1NCCCN1c1ccc(CP)cc1. The molecular formula is C11H15N2OP. The van der Waals surface area contributed by atoms with Crippen LogP contribution >= 0.6 is 9.24 Å². The number of hydrogen-bond donors (Lipinski definition) is 1. The first-order chi connectivity index (χ1) is 7.31. The van der Waals surface area contributed by atoms with Gasteiger partial charge in [0, 0.05) is 18.8 Å². The van der Waals surface area contributed by atoms with Gasteiger partial charge in [-0.2, -0.15) is 0 Å². The van der Waals surface area contributed by atoms with Crippen LogP contribution in [0.5, 0.6) is 0 Å². The molecule has 1 aliphatic rings. The highest BCUT2D eigenvalue weighted by Gasteiger charge is 2.18. The first-order valence-corrected chi connectivity index (χ1v) is 5.97. The second-order valence-electron chi connectivity index (χ2n) is 3.61. The zero-order chi connectivity index (χ0) is 10.7. The van der Waals surface area contributed by atoms with Crippen molar-refractivity contribution >= 4 is 21.0 Å². The smallest absolute Gasteiger partial charge is 0.321 e. The maximum atomic E-state index is 11.6. The van der Waals surface area contributed by atoms with E-state index in [-0.39, 0.29) is 6.03 Å². The van der Waals surface area contributed by atoms with Gasteiger partial charge in [0.15, 0.2) is 0 Å². The summed E-state index contributed by atoms with van der Waals surface area (Å²) >= 11 is 0. The predicted molar refractivity (Wildman–Crippen MR) is 65.2 cm³/mol. The van der Waals surface area contributed by atoms with E-state index >= 15 is 0 Å². The Hall–Kier alpha value is -1.08. The molecule has 0 aromatic heterocycles. The summed E-state index contributed by atoms with van der Waals surface area (Å²) < 4.78 is 0. The van der Waals surface area contributed by atoms with Crippen molar-refractivity contribution in [1.82, 2.24) is 5.32 Å². The van der Waals surface area contributed by atoms with Crippen LogP contribution in [0.1, 0.15) is 12.0 Å². The Kier molecular flexibility index (Phi) is 3.22. The molecule has 1 heterocycles. The number of amides is 2. The highest BCUT2D eigenvalue weighted by atomic mass is 31.0. The van der Waals surface area contributed by atoms with Crippen LogP contribution in [0, 0.1) is 0 Å². The molecule has 2 rings (SSSR count). The van der Waals surface area contributed by atoms with E-state index in [0.717, 1.165) is 31.4 Å². The van der Waals surface area contributed by atoms with Gasteiger partial charge in [0.05, 0.1) is 0 Å². The Morgan fingerprint density at radius 2 is 2.07 bits per heavy atom. The average molecular weight is 222 g/mol. The zero-order valence-corrected chi connectivity index (χ0v) is 9.73. The van der Waals surface area contributed by atoms with Gasteiger partial charge in [-0.1, -0.05) is 12.1 Å². The molecule has 1 aromatic rings. The largest absolute Gasteiger partial charge is 0.338 e. The number of urea groups is 1. The molecule has 0 aliphatic carbocycles. The second-order valence-corrected chi connectivity index (χ2v) is 4.02. The van der Waals surface area contributed by atoms with E-state index in [9.17, 15) is 4.79 Å². The van der Waals surface area contributed by atoms with Gasteiger partial charge in [0.2, 0.25) is 0 Å². The fraction of sp³-hybridized carbons (Fsp3) is 0.364. The van der Waals surface area contributed by atoms with Crippen molar-refractivity contribution in [2.24, 2.45) is 0 Å². The van der Waals surface area contributed by atoms with Crippen LogP contribution in [0.2, 0.25) is 0 Å². The highest BCUT2D eigenvalue weighted by molar-refractivity contribution is 7.15. The summed E-state index contributed by atoms with van der Waals surface area (Å²) in [5, 5.41) is 2.84. The number of nitrogens with one attached hydrogen (secondary N) is 1. The number of nitrogens with zero attached hydrogens (tertiary/aromatic N) is 1. The minimum Gasteiger partial charge on any atom is -0.338 e. The Balaban J connectivity index is 2.17. The van der Waals surface area contributed by atoms with Gasteiger partial charge in [-0.05, 0) is 30.3 Å². The fourth-order valence-corrected chi connectivity index (χ4v) is 1.96. The van der Waals surface area contributed by atoms with Gasteiger partial charge >= 0.3 is 6.03 Å². The molecule has 1 fully saturated rings. The molecule has 4 heteroatoms. The van der Waals surface area contributed by atoms with Gasteiger partial charge in [0.1, 0.15) is 0 Å². The first kappa shape index (κ1) is 10.4. The molecular weight excluding hydrogens is 207 g/mol. The summed E-state index contributed by atoms with van der Waals surface area (Å²) in [6.45, 7) is 1.60. The van der Waals surface area contributed by atoms with E-state index in [4.69, 9.17) is 0 Å². The maximum absolute atomic E-state index is 11.6. The van der Waals surface area contributed by atoms with Crippen LogP contribution < -0.4 is 10.2 Å². The topological polar surface area (TPSA) is 32.3 Å². The third-order valence-electron chi connectivity index (χ3n) is 2.56. The van der Waals surface area contributed by atoms with Crippen molar-refractivity contribution in [3.8, 4) is 0 Å². The molecule has 1 N–H and O–H groups in total. The molecule has 0 saturated carbocycles. The van der Waals surface area contributed by atoms with Gasteiger partial charge in [-0.25, -0.2) is 4.79 Å². The van der Waals surface area contributed by atoms with Crippen molar-refractivity contribution in [1.29, 1.82) is 0 Å². The molecule has 80 valence electrons. The van der Waals surface area contributed by atoms with Crippen molar-refractivity contribution < 1.29 is 4.79 Å². The number of hydrogen-bond acceptors (Lipinski definition) is 1. The van der Waals surface area contributed by atoms with Gasteiger partial charge < -0.3 is 5.32 Å². The molecule has 2 amide bonds. The second kappa shape index (κ2) is 4.63. The molecule has 15 heavy (non-hydrogen) atoms. The lowest BCUT2D eigenvalue weighted by atomic mass is 10.2. The molecule has 0 bridgehead atoms. The molecule has 1 atom stereocenters. The van der Waals surface area contributed by atoms with E-state index in [1.165, 1.54) is 5.56 Å². The normalized spacial score (nSPS) is 16.3. The summed E-state index contributed by atoms with van der Waals surface area (Å²) in [5.74, 6) is 0. The lowest BCUT2D eigenvalue weighted by molar-refractivity contribution is 0.243. The summed E-state index contributed by atoms with van der Waals surface area (Å²) in [6, 6.07) is 8.14. The van der Waals surface area contributed by atoms with Gasteiger partial charge in [-0.3, -0.25) is 4.90 Å². The van der Waals surface area contributed by atoms with Crippen LogP contribution in [0.4, 0.5) is 10.5 Å². The van der Waals surface area contributed by atoms with E-state index < -0.39 is 0 Å². The molecule has 0 radical (unpaired) electrons. The Labute approximate surface area is 92.1 Å². The van der Waals surface area contributed by atoms with Crippen LogP contribution in [0.3, 0.4) is 0 Å². The van der Waals surface area contributed by atoms with Crippen LogP contribution in [-0.2, 0) is 6.16 Å². The third kappa shape index (κ3) is 2.29. The summed E-state index contributed by atoms with van der Waals surface area (Å²) in [6.07, 6.45) is 1.96. The number of carbonyl (C=O) groups is 1. The van der Waals surface area contributed by atoms with Gasteiger partial charge in [-0.15, -0.1) is 9.24 Å². The standard InChI is InChI=1S/C11H15N2OP/c14-11-12-6-1-7-13(11)10-4-2-9(8-15)3-5-10/h2-5H,1,6-8,15H2,(H,12,14). The lowest BCUT2D eigenvalue weighted by Crippen LogP contribution is -2.46. The van der Waals surface area contributed by atoms with Crippen molar-refractivity contribution in [3.63, 3.8) is 0 Å². The molecule has 1 aliphatic heterocycles. The first-order valence-electron chi connectivity index (χ1n) is 5.15. The minimum atomic E-state index is 0.0138. The van der Waals surface area contributed by atoms with Crippen LogP contribution in [-0.4, -0.2) is 19.1 Å². The molecule has 1 aromatic carbocycles. The molecule has 1 saturated heterocycles. The Morgan fingerprint density at radius 1 is 1.33 bits per heavy atom. The number of benzene rings is 1. The van der Waals surface area contributed by atoms with E-state index in [2.05, 4.69) is 26.7 Å². The minimum absolute atomic E-state index is 0.0138. The predicted octanol–water partition coefficient (Wildman–Crippen LogP) is 1.98. The van der Waals surface area contributed by atoms with E-state index in [0.29, 0.717) is 0 Å².